The van der Waals surface area contributed by atoms with E-state index in [1.807, 2.05) is 13.8 Å². The van der Waals surface area contributed by atoms with Crippen LogP contribution >= 0.6 is 0 Å². The first kappa shape index (κ1) is 17.6. The maximum Gasteiger partial charge on any atom is 0.243 e. The van der Waals surface area contributed by atoms with E-state index in [-0.39, 0.29) is 17.4 Å². The number of nitrogens with one attached hydrogen (secondary N) is 1. The van der Waals surface area contributed by atoms with Crippen molar-refractivity contribution in [3.05, 3.63) is 29.6 Å². The zero-order valence-corrected chi connectivity index (χ0v) is 13.0. The predicted octanol–water partition coefficient (Wildman–Crippen LogP) is 1.88. The third-order valence-electron chi connectivity index (χ3n) is 3.25. The SMILES string of the molecule is CCC(CC)CNS(=O)(=O)c1ccc(C#CCO)cc1F. The first-order valence-corrected chi connectivity index (χ1v) is 8.31. The second-order valence-electron chi connectivity index (χ2n) is 4.64. The molecule has 0 saturated carbocycles. The van der Waals surface area contributed by atoms with E-state index in [2.05, 4.69) is 16.6 Å². The van der Waals surface area contributed by atoms with E-state index in [0.717, 1.165) is 18.9 Å². The molecule has 2 N–H and O–H groups in total. The molecule has 0 spiro atoms. The van der Waals surface area contributed by atoms with Crippen LogP contribution in [-0.2, 0) is 10.0 Å². The Hall–Kier alpha value is -1.42. The minimum Gasteiger partial charge on any atom is -0.384 e. The molecule has 21 heavy (non-hydrogen) atoms. The van der Waals surface area contributed by atoms with Crippen LogP contribution in [0.2, 0.25) is 0 Å². The van der Waals surface area contributed by atoms with Crippen molar-refractivity contribution in [1.29, 1.82) is 0 Å². The van der Waals surface area contributed by atoms with Gasteiger partial charge in [-0.2, -0.15) is 0 Å². The van der Waals surface area contributed by atoms with Gasteiger partial charge >= 0.3 is 0 Å². The molecule has 0 aromatic heterocycles. The molecule has 0 bridgehead atoms. The van der Waals surface area contributed by atoms with Crippen molar-refractivity contribution in [2.75, 3.05) is 13.2 Å². The van der Waals surface area contributed by atoms with Gasteiger partial charge in [-0.1, -0.05) is 38.5 Å². The Labute approximate surface area is 125 Å². The summed E-state index contributed by atoms with van der Waals surface area (Å²) in [5, 5.41) is 8.58. The maximum absolute atomic E-state index is 13.9. The van der Waals surface area contributed by atoms with Crippen molar-refractivity contribution >= 4 is 10.0 Å². The lowest BCUT2D eigenvalue weighted by Gasteiger charge is -2.14. The molecular formula is C15H20FNO3S. The molecule has 0 unspecified atom stereocenters. The predicted molar refractivity (Wildman–Crippen MR) is 79.6 cm³/mol. The van der Waals surface area contributed by atoms with Gasteiger partial charge in [0.2, 0.25) is 10.0 Å². The first-order valence-electron chi connectivity index (χ1n) is 6.83. The van der Waals surface area contributed by atoms with Crippen LogP contribution in [0.15, 0.2) is 23.1 Å². The highest BCUT2D eigenvalue weighted by Gasteiger charge is 2.20. The van der Waals surface area contributed by atoms with Gasteiger partial charge in [0.1, 0.15) is 17.3 Å². The molecular weight excluding hydrogens is 293 g/mol. The second-order valence-corrected chi connectivity index (χ2v) is 6.37. The lowest BCUT2D eigenvalue weighted by atomic mass is 10.0. The number of hydrogen-bond acceptors (Lipinski definition) is 3. The summed E-state index contributed by atoms with van der Waals surface area (Å²) in [6.45, 7) is 3.93. The molecule has 1 aromatic rings. The van der Waals surface area contributed by atoms with Gasteiger partial charge in [-0.15, -0.1) is 0 Å². The average molecular weight is 313 g/mol. The molecule has 0 aliphatic rings. The molecule has 0 atom stereocenters. The quantitative estimate of drug-likeness (QED) is 0.788. The number of rotatable bonds is 6. The largest absolute Gasteiger partial charge is 0.384 e. The van der Waals surface area contributed by atoms with Crippen molar-refractivity contribution in [3.63, 3.8) is 0 Å². The molecule has 0 heterocycles. The standard InChI is InChI=1S/C15H20FNO3S/c1-3-12(4-2)11-17-21(19,20)15-8-7-13(6-5-9-18)10-14(15)16/h7-8,10,12,17-18H,3-4,9,11H2,1-2H3. The minimum absolute atomic E-state index is 0.234. The Morgan fingerprint density at radius 2 is 2.00 bits per heavy atom. The van der Waals surface area contributed by atoms with Gasteiger partial charge in [-0.25, -0.2) is 17.5 Å². The first-order chi connectivity index (χ1) is 9.94. The van der Waals surface area contributed by atoms with Crippen molar-refractivity contribution in [2.45, 2.75) is 31.6 Å². The fraction of sp³-hybridized carbons (Fsp3) is 0.467. The highest BCUT2D eigenvalue weighted by atomic mass is 32.2. The van der Waals surface area contributed by atoms with Gasteiger partial charge in [0.05, 0.1) is 0 Å². The smallest absolute Gasteiger partial charge is 0.243 e. The van der Waals surface area contributed by atoms with Crippen LogP contribution in [0.5, 0.6) is 0 Å². The van der Waals surface area contributed by atoms with E-state index in [1.165, 1.54) is 12.1 Å². The van der Waals surface area contributed by atoms with E-state index in [9.17, 15) is 12.8 Å². The Morgan fingerprint density at radius 1 is 1.33 bits per heavy atom. The Balaban J connectivity index is 2.93. The summed E-state index contributed by atoms with van der Waals surface area (Å²) >= 11 is 0. The van der Waals surface area contributed by atoms with Crippen molar-refractivity contribution in [1.82, 2.24) is 4.72 Å². The van der Waals surface area contributed by atoms with Crippen LogP contribution in [0.4, 0.5) is 4.39 Å². The normalized spacial score (nSPS) is 11.3. The van der Waals surface area contributed by atoms with E-state index in [1.54, 1.807) is 0 Å². The molecule has 0 radical (unpaired) electrons. The highest BCUT2D eigenvalue weighted by Crippen LogP contribution is 2.16. The van der Waals surface area contributed by atoms with Crippen LogP contribution in [0.3, 0.4) is 0 Å². The molecule has 0 aliphatic carbocycles. The number of sulfonamides is 1. The number of halogens is 1. The summed E-state index contributed by atoms with van der Waals surface area (Å²) < 4.78 is 40.5. The molecule has 0 amide bonds. The van der Waals surface area contributed by atoms with E-state index >= 15 is 0 Å². The Bertz CT molecular complexity index is 628. The fourth-order valence-electron chi connectivity index (χ4n) is 1.82. The Morgan fingerprint density at radius 3 is 2.52 bits per heavy atom. The molecule has 4 nitrogen and oxygen atoms in total. The van der Waals surface area contributed by atoms with E-state index in [0.29, 0.717) is 12.1 Å². The van der Waals surface area contributed by atoms with Crippen molar-refractivity contribution < 1.29 is 17.9 Å². The number of hydrogen-bond donors (Lipinski definition) is 2. The van der Waals surface area contributed by atoms with Crippen LogP contribution in [0, 0.1) is 23.6 Å². The van der Waals surface area contributed by atoms with E-state index < -0.39 is 15.8 Å². The summed E-state index contributed by atoms with van der Waals surface area (Å²) in [6.07, 6.45) is 1.72. The molecule has 0 saturated heterocycles. The summed E-state index contributed by atoms with van der Waals surface area (Å²) in [7, 11) is -3.87. The molecule has 116 valence electrons. The number of benzene rings is 1. The fourth-order valence-corrected chi connectivity index (χ4v) is 2.99. The summed E-state index contributed by atoms with van der Waals surface area (Å²) in [6, 6.07) is 3.65. The van der Waals surface area contributed by atoms with Crippen LogP contribution < -0.4 is 4.72 Å². The third kappa shape index (κ3) is 5.12. The highest BCUT2D eigenvalue weighted by molar-refractivity contribution is 7.89. The molecule has 6 heteroatoms. The van der Waals surface area contributed by atoms with Gasteiger partial charge in [0, 0.05) is 12.1 Å². The van der Waals surface area contributed by atoms with Crippen LogP contribution in [0.25, 0.3) is 0 Å². The molecule has 0 fully saturated rings. The zero-order chi connectivity index (χ0) is 15.9. The average Bonchev–Trinajstić information content (AvgIpc) is 2.46. The van der Waals surface area contributed by atoms with Gasteiger partial charge in [0.15, 0.2) is 0 Å². The zero-order valence-electron chi connectivity index (χ0n) is 12.2. The van der Waals surface area contributed by atoms with Gasteiger partial charge in [-0.3, -0.25) is 0 Å². The van der Waals surface area contributed by atoms with E-state index in [4.69, 9.17) is 5.11 Å². The monoisotopic (exact) mass is 313 g/mol. The maximum atomic E-state index is 13.9. The van der Waals surface area contributed by atoms with Gasteiger partial charge < -0.3 is 5.11 Å². The third-order valence-corrected chi connectivity index (χ3v) is 4.71. The number of aliphatic hydroxyl groups is 1. The lowest BCUT2D eigenvalue weighted by molar-refractivity contribution is 0.350. The minimum atomic E-state index is -3.87. The summed E-state index contributed by atoms with van der Waals surface area (Å²) in [5.74, 6) is 4.29. The lowest BCUT2D eigenvalue weighted by Crippen LogP contribution is -2.29. The second kappa shape index (κ2) is 8.13. The van der Waals surface area contributed by atoms with Crippen LogP contribution in [-0.4, -0.2) is 26.7 Å². The Kier molecular flexibility index (Phi) is 6.82. The molecule has 1 aromatic carbocycles. The summed E-state index contributed by atoms with van der Waals surface area (Å²) in [5.41, 5.74) is 0.320. The van der Waals surface area contributed by atoms with Gasteiger partial charge in [-0.05, 0) is 24.1 Å². The van der Waals surface area contributed by atoms with Crippen molar-refractivity contribution in [2.24, 2.45) is 5.92 Å². The van der Waals surface area contributed by atoms with Crippen LogP contribution in [0.1, 0.15) is 32.3 Å². The van der Waals surface area contributed by atoms with Gasteiger partial charge in [0.25, 0.3) is 0 Å². The van der Waals surface area contributed by atoms with Crippen molar-refractivity contribution in [3.8, 4) is 11.8 Å². The molecule has 0 aliphatic heterocycles. The topological polar surface area (TPSA) is 66.4 Å². The molecule has 1 rings (SSSR count). The number of aliphatic hydroxyl groups excluding tert-OH is 1. The summed E-state index contributed by atoms with van der Waals surface area (Å²) in [4.78, 5) is -0.386.